The summed E-state index contributed by atoms with van der Waals surface area (Å²) in [6.07, 6.45) is -0.401. The highest BCUT2D eigenvalue weighted by molar-refractivity contribution is 6.09. The van der Waals surface area contributed by atoms with Gasteiger partial charge in [-0.1, -0.05) is 30.3 Å². The first-order chi connectivity index (χ1) is 13.4. The van der Waals surface area contributed by atoms with E-state index in [9.17, 15) is 19.2 Å². The first-order valence-electron chi connectivity index (χ1n) is 9.26. The zero-order valence-corrected chi connectivity index (χ0v) is 16.0. The molecule has 2 saturated heterocycles. The van der Waals surface area contributed by atoms with E-state index >= 15 is 0 Å². The highest BCUT2D eigenvalue weighted by Gasteiger charge is 2.49. The van der Waals surface area contributed by atoms with E-state index in [0.717, 1.165) is 4.90 Å². The molecule has 2 fully saturated rings. The second-order valence-electron chi connectivity index (χ2n) is 6.88. The molecule has 3 rings (SSSR count). The number of benzene rings is 1. The molecule has 0 spiro atoms. The van der Waals surface area contributed by atoms with Crippen LogP contribution in [0.5, 0.6) is 0 Å². The van der Waals surface area contributed by atoms with Gasteiger partial charge in [-0.15, -0.1) is 0 Å². The Hall–Kier alpha value is -3.10. The van der Waals surface area contributed by atoms with E-state index in [1.807, 2.05) is 6.07 Å². The highest BCUT2D eigenvalue weighted by Crippen LogP contribution is 2.28. The monoisotopic (exact) mass is 388 g/mol. The zero-order chi connectivity index (χ0) is 20.3. The van der Waals surface area contributed by atoms with Gasteiger partial charge in [0.05, 0.1) is 6.61 Å². The summed E-state index contributed by atoms with van der Waals surface area (Å²) in [5.41, 5.74) is -0.535. The largest absolute Gasteiger partial charge is 0.450 e. The van der Waals surface area contributed by atoms with Crippen LogP contribution >= 0.6 is 0 Å². The van der Waals surface area contributed by atoms with Gasteiger partial charge in [-0.2, -0.15) is 0 Å². The molecular weight excluding hydrogens is 364 g/mol. The van der Waals surface area contributed by atoms with Crippen molar-refractivity contribution in [1.29, 1.82) is 0 Å². The lowest BCUT2D eigenvalue weighted by atomic mass is 9.92. The average molecular weight is 388 g/mol. The number of rotatable bonds is 4. The Morgan fingerprint density at radius 3 is 2.29 bits per heavy atom. The molecule has 1 aromatic rings. The predicted octanol–water partition coefficient (Wildman–Crippen LogP) is 0.754. The lowest BCUT2D eigenvalue weighted by Crippen LogP contribution is -2.53. The van der Waals surface area contributed by atoms with Gasteiger partial charge in [-0.3, -0.25) is 14.5 Å². The van der Waals surface area contributed by atoms with Gasteiger partial charge in [0.1, 0.15) is 12.1 Å². The Morgan fingerprint density at radius 1 is 1.07 bits per heavy atom. The number of nitrogens with zero attached hydrogens (tertiary/aromatic N) is 3. The van der Waals surface area contributed by atoms with Crippen LogP contribution in [0.25, 0.3) is 0 Å². The Morgan fingerprint density at radius 2 is 1.68 bits per heavy atom. The molecule has 5 amide bonds. The van der Waals surface area contributed by atoms with Crippen LogP contribution in [0, 0.1) is 0 Å². The van der Waals surface area contributed by atoms with Crippen LogP contribution in [0.3, 0.4) is 0 Å². The molecule has 150 valence electrons. The van der Waals surface area contributed by atoms with Crippen molar-refractivity contribution in [3.63, 3.8) is 0 Å². The lowest BCUT2D eigenvalue weighted by molar-refractivity contribution is -0.139. The second kappa shape index (κ2) is 7.87. The van der Waals surface area contributed by atoms with E-state index < -0.39 is 23.6 Å². The summed E-state index contributed by atoms with van der Waals surface area (Å²) in [5, 5.41) is 2.69. The minimum atomic E-state index is -1.19. The van der Waals surface area contributed by atoms with Crippen LogP contribution in [0.15, 0.2) is 30.3 Å². The molecule has 0 bridgehead atoms. The summed E-state index contributed by atoms with van der Waals surface area (Å²) >= 11 is 0. The van der Waals surface area contributed by atoms with Crippen molar-refractivity contribution >= 4 is 23.9 Å². The molecule has 9 heteroatoms. The second-order valence-corrected chi connectivity index (χ2v) is 6.88. The third kappa shape index (κ3) is 3.64. The molecule has 1 atom stereocenters. The SMILES string of the molecule is CCOC(=O)N1CCN(C(=O)CN2C(=O)N[C@](C)(c3ccccc3)C2=O)CC1. The number of piperazine rings is 1. The van der Waals surface area contributed by atoms with E-state index in [1.54, 1.807) is 43.0 Å². The zero-order valence-electron chi connectivity index (χ0n) is 16.0. The fraction of sp³-hybridized carbons (Fsp3) is 0.474. The molecule has 1 aromatic carbocycles. The topological polar surface area (TPSA) is 99.3 Å². The minimum Gasteiger partial charge on any atom is -0.450 e. The van der Waals surface area contributed by atoms with Crippen LogP contribution in [-0.4, -0.2) is 78.0 Å². The van der Waals surface area contributed by atoms with E-state index in [0.29, 0.717) is 38.3 Å². The van der Waals surface area contributed by atoms with E-state index in [4.69, 9.17) is 4.74 Å². The molecule has 0 saturated carbocycles. The van der Waals surface area contributed by atoms with Gasteiger partial charge in [0.25, 0.3) is 5.91 Å². The van der Waals surface area contributed by atoms with Gasteiger partial charge in [0.2, 0.25) is 5.91 Å². The predicted molar refractivity (Wildman–Crippen MR) is 99.2 cm³/mol. The van der Waals surface area contributed by atoms with Crippen molar-refractivity contribution in [2.75, 3.05) is 39.3 Å². The van der Waals surface area contributed by atoms with Gasteiger partial charge < -0.3 is 19.9 Å². The molecular formula is C19H24N4O5. The van der Waals surface area contributed by atoms with E-state index in [1.165, 1.54) is 4.90 Å². The van der Waals surface area contributed by atoms with Crippen molar-refractivity contribution in [3.8, 4) is 0 Å². The van der Waals surface area contributed by atoms with Gasteiger partial charge >= 0.3 is 12.1 Å². The van der Waals surface area contributed by atoms with Crippen molar-refractivity contribution in [1.82, 2.24) is 20.0 Å². The maximum Gasteiger partial charge on any atom is 0.409 e. The Kier molecular flexibility index (Phi) is 5.53. The van der Waals surface area contributed by atoms with Gasteiger partial charge in [0, 0.05) is 26.2 Å². The number of carbonyl (C=O) groups is 4. The summed E-state index contributed by atoms with van der Waals surface area (Å²) in [4.78, 5) is 53.6. The van der Waals surface area contributed by atoms with Gasteiger partial charge in [0.15, 0.2) is 0 Å². The first-order valence-corrected chi connectivity index (χ1v) is 9.26. The Balaban J connectivity index is 1.61. The standard InChI is InChI=1S/C19H24N4O5/c1-3-28-18(27)22-11-9-21(10-12-22)15(24)13-23-16(25)19(2,20-17(23)26)14-7-5-4-6-8-14/h4-8H,3,9-13H2,1-2H3,(H,20,26)/t19-/m1/s1. The van der Waals surface area contributed by atoms with Crippen LogP contribution in [-0.2, 0) is 19.9 Å². The number of imide groups is 1. The molecule has 0 aromatic heterocycles. The summed E-state index contributed by atoms with van der Waals surface area (Å²) in [5.74, 6) is -0.786. The fourth-order valence-corrected chi connectivity index (χ4v) is 3.40. The van der Waals surface area contributed by atoms with Crippen LogP contribution in [0.1, 0.15) is 19.4 Å². The van der Waals surface area contributed by atoms with E-state index in [-0.39, 0.29) is 12.5 Å². The van der Waals surface area contributed by atoms with Crippen LogP contribution < -0.4 is 5.32 Å². The van der Waals surface area contributed by atoms with Crippen LogP contribution in [0.4, 0.5) is 9.59 Å². The summed E-state index contributed by atoms with van der Waals surface area (Å²) in [6, 6.07) is 8.34. The molecule has 2 heterocycles. The number of amides is 5. The molecule has 0 radical (unpaired) electrons. The van der Waals surface area contributed by atoms with Crippen molar-refractivity contribution < 1.29 is 23.9 Å². The minimum absolute atomic E-state index is 0.296. The molecule has 2 aliphatic rings. The van der Waals surface area contributed by atoms with E-state index in [2.05, 4.69) is 5.32 Å². The Bertz CT molecular complexity index is 776. The number of nitrogens with one attached hydrogen (secondary N) is 1. The molecule has 2 aliphatic heterocycles. The number of ether oxygens (including phenoxy) is 1. The summed E-state index contributed by atoms with van der Waals surface area (Å²) in [7, 11) is 0. The van der Waals surface area contributed by atoms with Crippen molar-refractivity contribution in [2.45, 2.75) is 19.4 Å². The molecule has 0 unspecified atom stereocenters. The molecule has 0 aliphatic carbocycles. The maximum absolute atomic E-state index is 12.9. The average Bonchev–Trinajstić information content (AvgIpc) is 2.93. The number of hydrogen-bond acceptors (Lipinski definition) is 5. The van der Waals surface area contributed by atoms with Crippen molar-refractivity contribution in [3.05, 3.63) is 35.9 Å². The smallest absolute Gasteiger partial charge is 0.409 e. The normalized spacial score (nSPS) is 22.3. The van der Waals surface area contributed by atoms with Gasteiger partial charge in [-0.05, 0) is 19.4 Å². The molecule has 9 nitrogen and oxygen atoms in total. The molecule has 28 heavy (non-hydrogen) atoms. The van der Waals surface area contributed by atoms with Crippen molar-refractivity contribution in [2.24, 2.45) is 0 Å². The highest BCUT2D eigenvalue weighted by atomic mass is 16.6. The third-order valence-corrected chi connectivity index (χ3v) is 5.08. The summed E-state index contributed by atoms with van der Waals surface area (Å²) < 4.78 is 4.96. The van der Waals surface area contributed by atoms with Crippen LogP contribution in [0.2, 0.25) is 0 Å². The number of carbonyl (C=O) groups excluding carboxylic acids is 4. The number of hydrogen-bond donors (Lipinski definition) is 1. The third-order valence-electron chi connectivity index (χ3n) is 5.08. The fourth-order valence-electron chi connectivity index (χ4n) is 3.40. The maximum atomic E-state index is 12.9. The lowest BCUT2D eigenvalue weighted by Gasteiger charge is -2.34. The number of urea groups is 1. The quantitative estimate of drug-likeness (QED) is 0.768. The summed E-state index contributed by atoms with van der Waals surface area (Å²) in [6.45, 7) is 4.70. The molecule has 1 N–H and O–H groups in total. The van der Waals surface area contributed by atoms with Gasteiger partial charge in [-0.25, -0.2) is 9.59 Å². The Labute approximate surface area is 163 Å². The first kappa shape index (κ1) is 19.7.